The molecule has 1 N–H and O–H groups in total. The third-order valence-corrected chi connectivity index (χ3v) is 4.82. The van der Waals surface area contributed by atoms with E-state index >= 15 is 0 Å². The monoisotopic (exact) mass is 274 g/mol. The summed E-state index contributed by atoms with van der Waals surface area (Å²) in [6, 6.07) is 9.96. The fourth-order valence-corrected chi connectivity index (χ4v) is 3.55. The number of hydrogen-bond donors (Lipinski definition) is 1. The lowest BCUT2D eigenvalue weighted by Crippen LogP contribution is -2.40. The Morgan fingerprint density at radius 1 is 1.30 bits per heavy atom. The van der Waals surface area contributed by atoms with E-state index in [1.165, 1.54) is 43.5 Å². The zero-order valence-corrected chi connectivity index (χ0v) is 13.5. The Balaban J connectivity index is 2.02. The van der Waals surface area contributed by atoms with Crippen molar-refractivity contribution in [2.24, 2.45) is 5.92 Å². The quantitative estimate of drug-likeness (QED) is 0.849. The third-order valence-electron chi connectivity index (χ3n) is 4.82. The van der Waals surface area contributed by atoms with E-state index < -0.39 is 0 Å². The molecule has 0 aromatic heterocycles. The fourth-order valence-electron chi connectivity index (χ4n) is 3.55. The summed E-state index contributed by atoms with van der Waals surface area (Å²) >= 11 is 0. The van der Waals surface area contributed by atoms with Gasteiger partial charge in [-0.15, -0.1) is 0 Å². The van der Waals surface area contributed by atoms with E-state index in [1.807, 2.05) is 0 Å². The highest BCUT2D eigenvalue weighted by atomic mass is 15.2. The molecule has 20 heavy (non-hydrogen) atoms. The molecule has 3 atom stereocenters. The average molecular weight is 274 g/mol. The molecule has 3 unspecified atom stereocenters. The van der Waals surface area contributed by atoms with E-state index in [0.717, 1.165) is 5.92 Å². The summed E-state index contributed by atoms with van der Waals surface area (Å²) in [5.74, 6) is 0.915. The van der Waals surface area contributed by atoms with Crippen LogP contribution in [0.4, 0.5) is 0 Å². The molecule has 0 aliphatic carbocycles. The van der Waals surface area contributed by atoms with E-state index in [4.69, 9.17) is 0 Å². The Kier molecular flexibility index (Phi) is 5.62. The molecule has 112 valence electrons. The van der Waals surface area contributed by atoms with Crippen LogP contribution >= 0.6 is 0 Å². The van der Waals surface area contributed by atoms with E-state index in [0.29, 0.717) is 12.1 Å². The van der Waals surface area contributed by atoms with Crippen LogP contribution in [0, 0.1) is 12.8 Å². The fraction of sp³-hybridized carbons (Fsp3) is 0.667. The van der Waals surface area contributed by atoms with E-state index in [1.54, 1.807) is 0 Å². The predicted molar refractivity (Wildman–Crippen MR) is 87.0 cm³/mol. The summed E-state index contributed by atoms with van der Waals surface area (Å²) in [5.41, 5.74) is 2.74. The van der Waals surface area contributed by atoms with Gasteiger partial charge in [-0.3, -0.25) is 4.90 Å². The summed E-state index contributed by atoms with van der Waals surface area (Å²) in [7, 11) is 2.08. The molecule has 2 rings (SSSR count). The number of aryl methyl sites for hydroxylation is 1. The van der Waals surface area contributed by atoms with Crippen molar-refractivity contribution < 1.29 is 0 Å². The topological polar surface area (TPSA) is 15.3 Å². The number of rotatable bonds is 6. The van der Waals surface area contributed by atoms with Gasteiger partial charge >= 0.3 is 0 Å². The molecule has 1 heterocycles. The first-order chi connectivity index (χ1) is 9.65. The highest BCUT2D eigenvalue weighted by molar-refractivity contribution is 5.25. The van der Waals surface area contributed by atoms with Crippen molar-refractivity contribution >= 4 is 0 Å². The highest BCUT2D eigenvalue weighted by Gasteiger charge is 2.29. The molecule has 2 heteroatoms. The first-order valence-electron chi connectivity index (χ1n) is 8.13. The lowest BCUT2D eigenvalue weighted by atomic mass is 9.98. The molecular formula is C18H30N2. The largest absolute Gasteiger partial charge is 0.312 e. The summed E-state index contributed by atoms with van der Waals surface area (Å²) in [5, 5.41) is 3.52. The number of likely N-dealkylation sites (N-methyl/N-ethyl adjacent to an activating group) is 1. The standard InChI is InChI=1S/C18H30N2/c1-5-6-16-11-12-20(13-16)15(3)18(19-4)17-9-7-14(2)8-10-17/h7-10,15-16,18-19H,5-6,11-13H2,1-4H3. The summed E-state index contributed by atoms with van der Waals surface area (Å²) < 4.78 is 0. The van der Waals surface area contributed by atoms with Gasteiger partial charge < -0.3 is 5.32 Å². The zero-order valence-electron chi connectivity index (χ0n) is 13.5. The van der Waals surface area contributed by atoms with Crippen LogP contribution in [0.3, 0.4) is 0 Å². The van der Waals surface area contributed by atoms with Crippen molar-refractivity contribution in [3.8, 4) is 0 Å². The van der Waals surface area contributed by atoms with Gasteiger partial charge in [-0.1, -0.05) is 43.2 Å². The summed E-state index contributed by atoms with van der Waals surface area (Å²) in [4.78, 5) is 2.67. The van der Waals surface area contributed by atoms with Crippen LogP contribution in [0.1, 0.15) is 50.3 Å². The molecule has 1 aromatic rings. The minimum Gasteiger partial charge on any atom is -0.312 e. The third kappa shape index (κ3) is 3.62. The Bertz CT molecular complexity index is 398. The lowest BCUT2D eigenvalue weighted by Gasteiger charge is -2.32. The van der Waals surface area contributed by atoms with Gasteiger partial charge in [0.05, 0.1) is 0 Å². The lowest BCUT2D eigenvalue weighted by molar-refractivity contribution is 0.203. The maximum atomic E-state index is 3.52. The molecular weight excluding hydrogens is 244 g/mol. The maximum absolute atomic E-state index is 3.52. The second kappa shape index (κ2) is 7.24. The van der Waals surface area contributed by atoms with Crippen molar-refractivity contribution in [1.82, 2.24) is 10.2 Å². The highest BCUT2D eigenvalue weighted by Crippen LogP contribution is 2.28. The Morgan fingerprint density at radius 3 is 2.60 bits per heavy atom. The van der Waals surface area contributed by atoms with Crippen molar-refractivity contribution in [2.75, 3.05) is 20.1 Å². The van der Waals surface area contributed by atoms with Gasteiger partial charge in [0.2, 0.25) is 0 Å². The molecule has 1 saturated heterocycles. The molecule has 1 aromatic carbocycles. The molecule has 1 aliphatic rings. The first kappa shape index (κ1) is 15.5. The number of likely N-dealkylation sites (tertiary alicyclic amines) is 1. The minimum atomic E-state index is 0.427. The number of nitrogens with one attached hydrogen (secondary N) is 1. The van der Waals surface area contributed by atoms with Crippen molar-refractivity contribution in [1.29, 1.82) is 0 Å². The Hall–Kier alpha value is -0.860. The second-order valence-corrected chi connectivity index (χ2v) is 6.36. The number of benzene rings is 1. The van der Waals surface area contributed by atoms with Crippen molar-refractivity contribution in [3.05, 3.63) is 35.4 Å². The van der Waals surface area contributed by atoms with Gasteiger partial charge in [0, 0.05) is 18.6 Å². The number of hydrogen-bond acceptors (Lipinski definition) is 2. The molecule has 1 fully saturated rings. The van der Waals surface area contributed by atoms with Gasteiger partial charge in [0.1, 0.15) is 0 Å². The van der Waals surface area contributed by atoms with E-state index in [-0.39, 0.29) is 0 Å². The van der Waals surface area contributed by atoms with Crippen LogP contribution in [0.2, 0.25) is 0 Å². The average Bonchev–Trinajstić information content (AvgIpc) is 2.90. The van der Waals surface area contributed by atoms with Crippen LogP contribution in [-0.4, -0.2) is 31.1 Å². The smallest absolute Gasteiger partial charge is 0.0473 e. The molecule has 2 nitrogen and oxygen atoms in total. The maximum Gasteiger partial charge on any atom is 0.0473 e. The molecule has 0 amide bonds. The molecule has 0 saturated carbocycles. The first-order valence-corrected chi connectivity index (χ1v) is 8.13. The van der Waals surface area contributed by atoms with Crippen molar-refractivity contribution in [2.45, 2.75) is 52.1 Å². The number of nitrogens with zero attached hydrogens (tertiary/aromatic N) is 1. The van der Waals surface area contributed by atoms with Crippen LogP contribution in [0.15, 0.2) is 24.3 Å². The van der Waals surface area contributed by atoms with Gasteiger partial charge in [0.25, 0.3) is 0 Å². The normalized spacial score (nSPS) is 22.9. The van der Waals surface area contributed by atoms with Crippen LogP contribution in [0.5, 0.6) is 0 Å². The van der Waals surface area contributed by atoms with E-state index in [2.05, 4.69) is 62.3 Å². The van der Waals surface area contributed by atoms with Gasteiger partial charge in [0.15, 0.2) is 0 Å². The molecule has 0 bridgehead atoms. The Morgan fingerprint density at radius 2 is 2.00 bits per heavy atom. The Labute approximate surface area is 124 Å². The molecule has 0 radical (unpaired) electrons. The van der Waals surface area contributed by atoms with Crippen LogP contribution < -0.4 is 5.32 Å². The predicted octanol–water partition coefficient (Wildman–Crippen LogP) is 3.77. The van der Waals surface area contributed by atoms with Crippen LogP contribution in [-0.2, 0) is 0 Å². The van der Waals surface area contributed by atoms with Gasteiger partial charge in [-0.05, 0) is 51.8 Å². The minimum absolute atomic E-state index is 0.427. The summed E-state index contributed by atoms with van der Waals surface area (Å²) in [6.07, 6.45) is 4.08. The SMILES string of the molecule is CCCC1CCN(C(C)C(NC)c2ccc(C)cc2)C1. The summed E-state index contributed by atoms with van der Waals surface area (Å²) in [6.45, 7) is 9.36. The van der Waals surface area contributed by atoms with Crippen molar-refractivity contribution in [3.63, 3.8) is 0 Å². The van der Waals surface area contributed by atoms with Crippen LogP contribution in [0.25, 0.3) is 0 Å². The van der Waals surface area contributed by atoms with E-state index in [9.17, 15) is 0 Å². The van der Waals surface area contributed by atoms with Gasteiger partial charge in [-0.25, -0.2) is 0 Å². The zero-order chi connectivity index (χ0) is 14.5. The molecule has 1 aliphatic heterocycles. The molecule has 0 spiro atoms. The second-order valence-electron chi connectivity index (χ2n) is 6.36. The van der Waals surface area contributed by atoms with Gasteiger partial charge in [-0.2, -0.15) is 0 Å².